The van der Waals surface area contributed by atoms with Crippen LogP contribution in [-0.4, -0.2) is 35.4 Å². The number of amides is 1. The second kappa shape index (κ2) is 6.35. The quantitative estimate of drug-likeness (QED) is 0.914. The van der Waals surface area contributed by atoms with Gasteiger partial charge in [-0.1, -0.05) is 25.3 Å². The number of nitrogens with zero attached hydrogens (tertiary/aromatic N) is 2. The normalized spacial score (nSPS) is 23.4. The third-order valence-electron chi connectivity index (χ3n) is 4.62. The van der Waals surface area contributed by atoms with Crippen LogP contribution in [0.5, 0.6) is 0 Å². The van der Waals surface area contributed by atoms with E-state index in [1.807, 2.05) is 17.2 Å². The van der Waals surface area contributed by atoms with Crippen LogP contribution in [0.2, 0.25) is 0 Å². The lowest BCUT2D eigenvalue weighted by molar-refractivity contribution is -0.135. The van der Waals surface area contributed by atoms with Gasteiger partial charge in [0.05, 0.1) is 6.04 Å². The SMILES string of the molecule is O=C(CCC1CCC1)N1CCNCC1c1cccnc1. The summed E-state index contributed by atoms with van der Waals surface area (Å²) in [6.45, 7) is 2.54. The van der Waals surface area contributed by atoms with Crippen LogP contribution in [0, 0.1) is 5.92 Å². The molecule has 1 aromatic rings. The van der Waals surface area contributed by atoms with Crippen LogP contribution < -0.4 is 5.32 Å². The van der Waals surface area contributed by atoms with Crippen LogP contribution in [0.1, 0.15) is 43.7 Å². The smallest absolute Gasteiger partial charge is 0.223 e. The zero-order chi connectivity index (χ0) is 13.8. The minimum Gasteiger partial charge on any atom is -0.333 e. The van der Waals surface area contributed by atoms with Gasteiger partial charge in [0.1, 0.15) is 0 Å². The molecule has 1 saturated carbocycles. The third kappa shape index (κ3) is 3.01. The van der Waals surface area contributed by atoms with Gasteiger partial charge in [0.2, 0.25) is 5.91 Å². The monoisotopic (exact) mass is 273 g/mol. The number of pyridine rings is 1. The highest BCUT2D eigenvalue weighted by molar-refractivity contribution is 5.77. The first-order valence-corrected chi connectivity index (χ1v) is 7.74. The van der Waals surface area contributed by atoms with E-state index in [-0.39, 0.29) is 6.04 Å². The fourth-order valence-electron chi connectivity index (χ4n) is 3.13. The maximum absolute atomic E-state index is 12.5. The van der Waals surface area contributed by atoms with Crippen molar-refractivity contribution in [1.29, 1.82) is 0 Å². The fraction of sp³-hybridized carbons (Fsp3) is 0.625. The number of nitrogens with one attached hydrogen (secondary N) is 1. The van der Waals surface area contributed by atoms with Crippen LogP contribution in [0.25, 0.3) is 0 Å². The first-order chi connectivity index (χ1) is 9.84. The lowest BCUT2D eigenvalue weighted by Crippen LogP contribution is -2.48. The van der Waals surface area contributed by atoms with Crippen LogP contribution in [0.4, 0.5) is 0 Å². The zero-order valence-electron chi connectivity index (χ0n) is 11.9. The van der Waals surface area contributed by atoms with E-state index < -0.39 is 0 Å². The Hall–Kier alpha value is -1.42. The van der Waals surface area contributed by atoms with Crippen LogP contribution in [0.15, 0.2) is 24.5 Å². The predicted octanol–water partition coefficient (Wildman–Crippen LogP) is 2.13. The van der Waals surface area contributed by atoms with Crippen molar-refractivity contribution >= 4 is 5.91 Å². The Morgan fingerprint density at radius 1 is 1.45 bits per heavy atom. The number of carbonyl (C=O) groups is 1. The number of hydrogen-bond donors (Lipinski definition) is 1. The molecule has 2 fully saturated rings. The van der Waals surface area contributed by atoms with Gasteiger partial charge in [0.15, 0.2) is 0 Å². The molecule has 20 heavy (non-hydrogen) atoms. The van der Waals surface area contributed by atoms with Crippen molar-refractivity contribution in [2.45, 2.75) is 38.1 Å². The van der Waals surface area contributed by atoms with E-state index in [0.29, 0.717) is 12.3 Å². The second-order valence-corrected chi connectivity index (χ2v) is 5.93. The van der Waals surface area contributed by atoms with E-state index >= 15 is 0 Å². The number of carbonyl (C=O) groups excluding carboxylic acids is 1. The van der Waals surface area contributed by atoms with Gasteiger partial charge in [-0.25, -0.2) is 0 Å². The molecule has 1 unspecified atom stereocenters. The van der Waals surface area contributed by atoms with Crippen molar-refractivity contribution in [1.82, 2.24) is 15.2 Å². The minimum absolute atomic E-state index is 0.145. The summed E-state index contributed by atoms with van der Waals surface area (Å²) in [4.78, 5) is 18.7. The molecule has 4 nitrogen and oxygen atoms in total. The predicted molar refractivity (Wildman–Crippen MR) is 78.1 cm³/mol. The highest BCUT2D eigenvalue weighted by atomic mass is 16.2. The fourth-order valence-corrected chi connectivity index (χ4v) is 3.13. The van der Waals surface area contributed by atoms with E-state index in [1.165, 1.54) is 19.3 Å². The summed E-state index contributed by atoms with van der Waals surface area (Å²) in [6, 6.07) is 4.16. The van der Waals surface area contributed by atoms with E-state index in [9.17, 15) is 4.79 Å². The Labute approximate surface area is 120 Å². The van der Waals surface area contributed by atoms with Crippen molar-refractivity contribution in [3.8, 4) is 0 Å². The molecule has 0 aromatic carbocycles. The second-order valence-electron chi connectivity index (χ2n) is 5.93. The van der Waals surface area contributed by atoms with E-state index in [0.717, 1.165) is 37.5 Å². The van der Waals surface area contributed by atoms with Gasteiger partial charge in [-0.15, -0.1) is 0 Å². The molecule has 1 aromatic heterocycles. The van der Waals surface area contributed by atoms with Crippen molar-refractivity contribution in [2.24, 2.45) is 5.92 Å². The average molecular weight is 273 g/mol. The molecule has 3 rings (SSSR count). The molecule has 1 amide bonds. The molecule has 2 heterocycles. The van der Waals surface area contributed by atoms with Crippen molar-refractivity contribution in [2.75, 3.05) is 19.6 Å². The van der Waals surface area contributed by atoms with E-state index in [2.05, 4.69) is 16.4 Å². The maximum atomic E-state index is 12.5. The molecule has 108 valence electrons. The summed E-state index contributed by atoms with van der Waals surface area (Å²) in [6.07, 6.45) is 9.43. The van der Waals surface area contributed by atoms with E-state index in [4.69, 9.17) is 0 Å². The highest BCUT2D eigenvalue weighted by Crippen LogP contribution is 2.31. The largest absolute Gasteiger partial charge is 0.333 e. The number of piperazine rings is 1. The molecule has 1 aliphatic carbocycles. The van der Waals surface area contributed by atoms with Crippen molar-refractivity contribution < 1.29 is 4.79 Å². The number of hydrogen-bond acceptors (Lipinski definition) is 3. The van der Waals surface area contributed by atoms with Gasteiger partial charge in [0, 0.05) is 38.4 Å². The lowest BCUT2D eigenvalue weighted by atomic mass is 9.82. The maximum Gasteiger partial charge on any atom is 0.223 e. The number of rotatable bonds is 4. The standard InChI is InChI=1S/C16H23N3O/c20-16(7-6-13-3-1-4-13)19-10-9-18-12-15(19)14-5-2-8-17-11-14/h2,5,8,11,13,15,18H,1,3-4,6-7,9-10,12H2. The molecule has 0 radical (unpaired) electrons. The molecule has 1 N–H and O–H groups in total. The summed E-state index contributed by atoms with van der Waals surface area (Å²) in [7, 11) is 0. The van der Waals surface area contributed by atoms with Crippen LogP contribution in [-0.2, 0) is 4.79 Å². The molecule has 2 aliphatic rings. The van der Waals surface area contributed by atoms with Crippen molar-refractivity contribution in [3.63, 3.8) is 0 Å². The third-order valence-corrected chi connectivity index (χ3v) is 4.62. The van der Waals surface area contributed by atoms with Gasteiger partial charge in [0.25, 0.3) is 0 Å². The minimum atomic E-state index is 0.145. The Morgan fingerprint density at radius 3 is 3.05 bits per heavy atom. The summed E-state index contributed by atoms with van der Waals surface area (Å²) >= 11 is 0. The average Bonchev–Trinajstić information content (AvgIpc) is 2.46. The van der Waals surface area contributed by atoms with Crippen LogP contribution in [0.3, 0.4) is 0 Å². The Kier molecular flexibility index (Phi) is 4.31. The zero-order valence-corrected chi connectivity index (χ0v) is 11.9. The Balaban J connectivity index is 1.63. The van der Waals surface area contributed by atoms with Gasteiger partial charge in [-0.05, 0) is 24.0 Å². The van der Waals surface area contributed by atoms with Gasteiger partial charge >= 0.3 is 0 Å². The first kappa shape index (κ1) is 13.6. The number of aromatic nitrogens is 1. The first-order valence-electron chi connectivity index (χ1n) is 7.74. The summed E-state index contributed by atoms with van der Waals surface area (Å²) in [5.74, 6) is 1.12. The molecule has 1 saturated heterocycles. The molecule has 0 bridgehead atoms. The lowest BCUT2D eigenvalue weighted by Gasteiger charge is -2.37. The van der Waals surface area contributed by atoms with Crippen molar-refractivity contribution in [3.05, 3.63) is 30.1 Å². The molecule has 1 aliphatic heterocycles. The van der Waals surface area contributed by atoms with Crippen LogP contribution >= 0.6 is 0 Å². The molecule has 4 heteroatoms. The van der Waals surface area contributed by atoms with Gasteiger partial charge in [-0.2, -0.15) is 0 Å². The van der Waals surface area contributed by atoms with E-state index in [1.54, 1.807) is 6.20 Å². The van der Waals surface area contributed by atoms with Gasteiger partial charge in [-0.3, -0.25) is 9.78 Å². The topological polar surface area (TPSA) is 45.2 Å². The molecule has 1 atom stereocenters. The highest BCUT2D eigenvalue weighted by Gasteiger charge is 2.28. The Morgan fingerprint density at radius 2 is 2.35 bits per heavy atom. The van der Waals surface area contributed by atoms with Gasteiger partial charge < -0.3 is 10.2 Å². The summed E-state index contributed by atoms with van der Waals surface area (Å²) < 4.78 is 0. The molecule has 0 spiro atoms. The Bertz CT molecular complexity index is 444. The summed E-state index contributed by atoms with van der Waals surface area (Å²) in [5.41, 5.74) is 1.14. The molecular weight excluding hydrogens is 250 g/mol. The summed E-state index contributed by atoms with van der Waals surface area (Å²) in [5, 5.41) is 3.38. The molecular formula is C16H23N3O.